The summed E-state index contributed by atoms with van der Waals surface area (Å²) in [7, 11) is 0. The number of benzene rings is 1. The second kappa shape index (κ2) is 4.56. The molecule has 3 nitrogen and oxygen atoms in total. The molecule has 1 amide bonds. The van der Waals surface area contributed by atoms with Gasteiger partial charge in [0.15, 0.2) is 0 Å². The molecule has 0 saturated carbocycles. The van der Waals surface area contributed by atoms with Crippen LogP contribution < -0.4 is 0 Å². The van der Waals surface area contributed by atoms with Crippen molar-refractivity contribution in [2.45, 2.75) is 26.2 Å². The van der Waals surface area contributed by atoms with Crippen LogP contribution in [-0.2, 0) is 0 Å². The number of hydrogen-bond acceptors (Lipinski definition) is 1. The molecule has 1 aromatic carbocycles. The first kappa shape index (κ1) is 11.5. The van der Waals surface area contributed by atoms with Crippen LogP contribution in [0.2, 0.25) is 0 Å². The van der Waals surface area contributed by atoms with E-state index in [-0.39, 0.29) is 5.91 Å². The Morgan fingerprint density at radius 3 is 2.83 bits per heavy atom. The summed E-state index contributed by atoms with van der Waals surface area (Å²) < 4.78 is 2.37. The summed E-state index contributed by atoms with van der Waals surface area (Å²) in [5.41, 5.74) is 1.91. The summed E-state index contributed by atoms with van der Waals surface area (Å²) in [4.78, 5) is 14.6. The number of nitrogens with zero attached hydrogens (tertiary/aromatic N) is 2. The molecule has 0 unspecified atom stereocenters. The van der Waals surface area contributed by atoms with E-state index in [1.165, 1.54) is 12.3 Å². The normalized spacial score (nSPS) is 19.1. The highest BCUT2D eigenvalue weighted by Gasteiger charge is 2.36. The van der Waals surface area contributed by atoms with E-state index in [0.29, 0.717) is 0 Å². The Balaban J connectivity index is 1.93. The van der Waals surface area contributed by atoms with Gasteiger partial charge in [0.1, 0.15) is 0 Å². The Kier molecular flexibility index (Phi) is 2.90. The van der Waals surface area contributed by atoms with Crippen LogP contribution in [0, 0.1) is 6.92 Å². The molecule has 2 aliphatic rings. The van der Waals surface area contributed by atoms with E-state index < -0.39 is 0 Å². The molecular formula is C15H19N2O+. The lowest BCUT2D eigenvalue weighted by Crippen LogP contribution is -2.45. The predicted molar refractivity (Wildman–Crippen MR) is 71.1 cm³/mol. The molecule has 0 atom stereocenters. The highest BCUT2D eigenvalue weighted by molar-refractivity contribution is 6.06. The van der Waals surface area contributed by atoms with Gasteiger partial charge in [0, 0.05) is 6.42 Å². The minimum atomic E-state index is 0.176. The van der Waals surface area contributed by atoms with Gasteiger partial charge in [-0.1, -0.05) is 18.2 Å². The lowest BCUT2D eigenvalue weighted by Gasteiger charge is -2.22. The van der Waals surface area contributed by atoms with Crippen LogP contribution in [0.5, 0.6) is 0 Å². The number of amides is 1. The maximum atomic E-state index is 12.6. The Labute approximate surface area is 108 Å². The highest BCUT2D eigenvalue weighted by Crippen LogP contribution is 2.18. The van der Waals surface area contributed by atoms with Crippen molar-refractivity contribution in [3.05, 3.63) is 35.4 Å². The topological polar surface area (TPSA) is 23.3 Å². The Bertz CT molecular complexity index is 519. The lowest BCUT2D eigenvalue weighted by atomic mass is 10.1. The minimum absolute atomic E-state index is 0.176. The summed E-state index contributed by atoms with van der Waals surface area (Å²) in [5.74, 6) is 1.42. The molecule has 3 heteroatoms. The molecule has 18 heavy (non-hydrogen) atoms. The number of hydrogen-bond donors (Lipinski definition) is 0. The minimum Gasteiger partial charge on any atom is -0.265 e. The fourth-order valence-electron chi connectivity index (χ4n) is 2.99. The van der Waals surface area contributed by atoms with E-state index in [1.807, 2.05) is 36.1 Å². The SMILES string of the molecule is Cc1ccccc1C(=O)N1CCC[N+]2=C1CCC2. The van der Waals surface area contributed by atoms with Crippen molar-refractivity contribution in [2.75, 3.05) is 19.6 Å². The maximum Gasteiger partial charge on any atom is 0.341 e. The lowest BCUT2D eigenvalue weighted by molar-refractivity contribution is -0.528. The fourth-order valence-corrected chi connectivity index (χ4v) is 2.99. The molecule has 3 rings (SSSR count). The highest BCUT2D eigenvalue weighted by atomic mass is 16.2. The number of carbonyl (C=O) groups excluding carboxylic acids is 1. The third-order valence-electron chi connectivity index (χ3n) is 3.94. The van der Waals surface area contributed by atoms with Crippen LogP contribution in [0.3, 0.4) is 0 Å². The zero-order valence-electron chi connectivity index (χ0n) is 10.9. The van der Waals surface area contributed by atoms with Gasteiger partial charge in [-0.15, -0.1) is 0 Å². The summed E-state index contributed by atoms with van der Waals surface area (Å²) in [6, 6.07) is 7.87. The smallest absolute Gasteiger partial charge is 0.265 e. The van der Waals surface area contributed by atoms with E-state index in [1.54, 1.807) is 0 Å². The first-order valence-electron chi connectivity index (χ1n) is 6.75. The van der Waals surface area contributed by atoms with Gasteiger partial charge in [-0.25, -0.2) is 4.79 Å². The van der Waals surface area contributed by atoms with Crippen LogP contribution in [-0.4, -0.2) is 40.9 Å². The third-order valence-corrected chi connectivity index (χ3v) is 3.94. The van der Waals surface area contributed by atoms with Gasteiger partial charge < -0.3 is 0 Å². The van der Waals surface area contributed by atoms with Gasteiger partial charge in [0.05, 0.1) is 31.6 Å². The van der Waals surface area contributed by atoms with Crippen molar-refractivity contribution in [2.24, 2.45) is 0 Å². The molecule has 94 valence electrons. The Morgan fingerprint density at radius 2 is 2.00 bits per heavy atom. The molecule has 0 fully saturated rings. The van der Waals surface area contributed by atoms with Crippen molar-refractivity contribution >= 4 is 11.7 Å². The van der Waals surface area contributed by atoms with E-state index in [4.69, 9.17) is 0 Å². The summed E-state index contributed by atoms with van der Waals surface area (Å²) in [5, 5.41) is 0. The second-order valence-electron chi connectivity index (χ2n) is 5.13. The third kappa shape index (κ3) is 1.84. The van der Waals surface area contributed by atoms with Crippen molar-refractivity contribution < 1.29 is 9.37 Å². The monoisotopic (exact) mass is 243 g/mol. The van der Waals surface area contributed by atoms with Crippen molar-refractivity contribution in [3.63, 3.8) is 0 Å². The van der Waals surface area contributed by atoms with Crippen molar-refractivity contribution in [3.8, 4) is 0 Å². The number of carbonyl (C=O) groups is 1. The predicted octanol–water partition coefficient (Wildman–Crippen LogP) is 2.05. The van der Waals surface area contributed by atoms with Crippen molar-refractivity contribution in [1.82, 2.24) is 4.90 Å². The maximum absolute atomic E-state index is 12.6. The van der Waals surface area contributed by atoms with Crippen LogP contribution in [0.15, 0.2) is 24.3 Å². The van der Waals surface area contributed by atoms with Crippen LogP contribution in [0.25, 0.3) is 0 Å². The fraction of sp³-hybridized carbons (Fsp3) is 0.467. The largest absolute Gasteiger partial charge is 0.341 e. The molecule has 0 spiro atoms. The first-order valence-corrected chi connectivity index (χ1v) is 6.75. The molecule has 2 heterocycles. The molecule has 0 aromatic heterocycles. The molecule has 0 radical (unpaired) electrons. The molecule has 0 bridgehead atoms. The molecule has 1 aromatic rings. The quantitative estimate of drug-likeness (QED) is 0.692. The Hall–Kier alpha value is -1.64. The first-order chi connectivity index (χ1) is 8.77. The molecule has 2 aliphatic heterocycles. The summed E-state index contributed by atoms with van der Waals surface area (Å²) >= 11 is 0. The van der Waals surface area contributed by atoms with Gasteiger partial charge >= 0.3 is 5.91 Å². The van der Waals surface area contributed by atoms with Gasteiger partial charge in [0.2, 0.25) is 0 Å². The van der Waals surface area contributed by atoms with Gasteiger partial charge in [-0.3, -0.25) is 4.58 Å². The molecular weight excluding hydrogens is 224 g/mol. The standard InChI is InChI=1S/C15H19N2O/c1-12-6-2-3-7-13(12)15(18)17-11-5-10-16-9-4-8-14(16)17/h2-3,6-7H,4-5,8-11H2,1H3/q+1. The van der Waals surface area contributed by atoms with E-state index >= 15 is 0 Å². The van der Waals surface area contributed by atoms with Gasteiger partial charge in [0.25, 0.3) is 5.84 Å². The molecule has 0 N–H and O–H groups in total. The van der Waals surface area contributed by atoms with E-state index in [2.05, 4.69) is 4.58 Å². The average Bonchev–Trinajstić information content (AvgIpc) is 2.86. The number of aryl methyl sites for hydroxylation is 1. The summed E-state index contributed by atoms with van der Waals surface area (Å²) in [6.45, 7) is 5.12. The van der Waals surface area contributed by atoms with Gasteiger partial charge in [-0.2, -0.15) is 4.90 Å². The number of amidine groups is 1. The summed E-state index contributed by atoms with van der Waals surface area (Å²) in [6.07, 6.45) is 3.33. The van der Waals surface area contributed by atoms with Gasteiger partial charge in [-0.05, 0) is 25.0 Å². The molecule has 0 saturated heterocycles. The van der Waals surface area contributed by atoms with Crippen molar-refractivity contribution in [1.29, 1.82) is 0 Å². The number of rotatable bonds is 1. The van der Waals surface area contributed by atoms with Crippen LogP contribution in [0.4, 0.5) is 0 Å². The van der Waals surface area contributed by atoms with Crippen LogP contribution in [0.1, 0.15) is 35.2 Å². The van der Waals surface area contributed by atoms with E-state index in [0.717, 1.165) is 43.6 Å². The molecule has 0 aliphatic carbocycles. The zero-order chi connectivity index (χ0) is 12.5. The zero-order valence-corrected chi connectivity index (χ0v) is 10.9. The second-order valence-corrected chi connectivity index (χ2v) is 5.13. The Morgan fingerprint density at radius 1 is 1.22 bits per heavy atom. The van der Waals surface area contributed by atoms with E-state index in [9.17, 15) is 4.79 Å². The average molecular weight is 243 g/mol. The van der Waals surface area contributed by atoms with Crippen LogP contribution >= 0.6 is 0 Å².